The van der Waals surface area contributed by atoms with E-state index in [1.807, 2.05) is 26.0 Å². The van der Waals surface area contributed by atoms with Crippen LogP contribution in [0.25, 0.3) is 11.5 Å². The number of benzene rings is 1. The molecule has 11 heteroatoms. The molecule has 30 heavy (non-hydrogen) atoms. The molecule has 4 rings (SSSR count). The average Bonchev–Trinajstić information content (AvgIpc) is 3.16. The number of aromatic nitrogens is 2. The second kappa shape index (κ2) is 8.89. The minimum absolute atomic E-state index is 0.0998. The fraction of sp³-hybridized carbons (Fsp3) is 0.579. The molecule has 2 fully saturated rings. The van der Waals surface area contributed by atoms with Crippen LogP contribution in [0.2, 0.25) is 5.02 Å². The summed E-state index contributed by atoms with van der Waals surface area (Å²) in [5.74, 6) is 0.950. The van der Waals surface area contributed by atoms with Crippen LogP contribution in [0, 0.1) is 0 Å². The summed E-state index contributed by atoms with van der Waals surface area (Å²) in [5, 5.41) is 8.87. The van der Waals surface area contributed by atoms with Crippen LogP contribution in [0.1, 0.15) is 19.7 Å². The Morgan fingerprint density at radius 2 is 1.63 bits per heavy atom. The average molecular weight is 456 g/mol. The molecule has 0 bridgehead atoms. The third-order valence-corrected chi connectivity index (χ3v) is 7.51. The number of ether oxygens (including phenoxy) is 1. The van der Waals surface area contributed by atoms with Crippen LogP contribution in [0.15, 0.2) is 28.7 Å². The van der Waals surface area contributed by atoms with Crippen LogP contribution in [-0.2, 0) is 21.5 Å². The van der Waals surface area contributed by atoms with E-state index in [4.69, 9.17) is 20.8 Å². The fourth-order valence-electron chi connectivity index (χ4n) is 3.82. The van der Waals surface area contributed by atoms with Gasteiger partial charge in [-0.05, 0) is 38.1 Å². The predicted molar refractivity (Wildman–Crippen MR) is 112 cm³/mol. The van der Waals surface area contributed by atoms with Gasteiger partial charge in [-0.3, -0.25) is 4.90 Å². The van der Waals surface area contributed by atoms with Gasteiger partial charge < -0.3 is 9.15 Å². The van der Waals surface area contributed by atoms with E-state index in [9.17, 15) is 8.42 Å². The van der Waals surface area contributed by atoms with Crippen molar-refractivity contribution >= 4 is 21.8 Å². The van der Waals surface area contributed by atoms with Crippen molar-refractivity contribution in [1.29, 1.82) is 0 Å². The lowest BCUT2D eigenvalue weighted by Crippen LogP contribution is -2.57. The second-order valence-corrected chi connectivity index (χ2v) is 10.1. The van der Waals surface area contributed by atoms with Gasteiger partial charge >= 0.3 is 0 Å². The molecule has 0 radical (unpaired) electrons. The fourth-order valence-corrected chi connectivity index (χ4v) is 5.69. The van der Waals surface area contributed by atoms with Crippen molar-refractivity contribution in [3.63, 3.8) is 0 Å². The van der Waals surface area contributed by atoms with Crippen molar-refractivity contribution in [3.05, 3.63) is 35.2 Å². The van der Waals surface area contributed by atoms with Crippen LogP contribution < -0.4 is 0 Å². The molecule has 2 aliphatic heterocycles. The van der Waals surface area contributed by atoms with E-state index in [2.05, 4.69) is 15.1 Å². The van der Waals surface area contributed by atoms with Gasteiger partial charge in [0.1, 0.15) is 0 Å². The Balaban J connectivity index is 1.33. The Kier molecular flexibility index (Phi) is 6.42. The molecule has 0 amide bonds. The lowest BCUT2D eigenvalue weighted by atomic mass is 10.2. The van der Waals surface area contributed by atoms with Crippen molar-refractivity contribution in [2.45, 2.75) is 32.6 Å². The lowest BCUT2D eigenvalue weighted by molar-refractivity contribution is -0.0458. The smallest absolute Gasteiger partial charge is 0.282 e. The normalized spacial score (nSPS) is 24.9. The highest BCUT2D eigenvalue weighted by molar-refractivity contribution is 7.86. The van der Waals surface area contributed by atoms with E-state index in [0.717, 1.165) is 5.56 Å². The molecular weight excluding hydrogens is 430 g/mol. The highest BCUT2D eigenvalue weighted by Gasteiger charge is 2.36. The van der Waals surface area contributed by atoms with Crippen LogP contribution in [0.5, 0.6) is 0 Å². The van der Waals surface area contributed by atoms with Crippen LogP contribution in [0.4, 0.5) is 0 Å². The van der Waals surface area contributed by atoms with Crippen LogP contribution in [0.3, 0.4) is 0 Å². The van der Waals surface area contributed by atoms with Crippen molar-refractivity contribution < 1.29 is 17.6 Å². The summed E-state index contributed by atoms with van der Waals surface area (Å²) < 4.78 is 40.5. The number of hydrogen-bond donors (Lipinski definition) is 0. The number of hydrogen-bond acceptors (Lipinski definition) is 7. The van der Waals surface area contributed by atoms with Crippen molar-refractivity contribution in [2.24, 2.45) is 0 Å². The monoisotopic (exact) mass is 455 g/mol. The molecule has 2 saturated heterocycles. The third kappa shape index (κ3) is 4.84. The van der Waals surface area contributed by atoms with E-state index in [1.54, 1.807) is 16.4 Å². The summed E-state index contributed by atoms with van der Waals surface area (Å²) in [7, 11) is -3.48. The Hall–Kier alpha value is -1.56. The highest BCUT2D eigenvalue weighted by Crippen LogP contribution is 2.22. The van der Waals surface area contributed by atoms with Gasteiger partial charge in [-0.2, -0.15) is 17.0 Å². The highest BCUT2D eigenvalue weighted by atomic mass is 35.5. The van der Waals surface area contributed by atoms with Gasteiger partial charge in [-0.1, -0.05) is 11.6 Å². The maximum atomic E-state index is 13.0. The number of rotatable bonds is 5. The molecule has 1 aromatic heterocycles. The topological polar surface area (TPSA) is 92.0 Å². The molecule has 2 atom stereocenters. The van der Waals surface area contributed by atoms with E-state index in [0.29, 0.717) is 62.6 Å². The van der Waals surface area contributed by atoms with Gasteiger partial charge in [0.2, 0.25) is 11.8 Å². The first-order chi connectivity index (χ1) is 14.3. The predicted octanol–water partition coefficient (Wildman–Crippen LogP) is 1.86. The van der Waals surface area contributed by atoms with E-state index < -0.39 is 10.2 Å². The minimum Gasteiger partial charge on any atom is -0.419 e. The third-order valence-electron chi connectivity index (χ3n) is 5.29. The zero-order valence-electron chi connectivity index (χ0n) is 17.1. The lowest BCUT2D eigenvalue weighted by Gasteiger charge is -2.40. The molecular formula is C19H26ClN5O4S. The number of halogens is 1. The maximum Gasteiger partial charge on any atom is 0.282 e. The Labute approximate surface area is 181 Å². The molecule has 0 spiro atoms. The second-order valence-electron chi connectivity index (χ2n) is 7.77. The van der Waals surface area contributed by atoms with Crippen LogP contribution in [-0.4, -0.2) is 83.6 Å². The van der Waals surface area contributed by atoms with Gasteiger partial charge in [0, 0.05) is 49.9 Å². The standard InChI is InChI=1S/C19H26ClN5O4S/c1-14-11-25(12-15(2)28-14)30(26,27)24-9-7-23(8-10-24)13-18-21-22-19(29-18)16-3-5-17(20)6-4-16/h3-6,14-15H,7-13H2,1-2H3. The summed E-state index contributed by atoms with van der Waals surface area (Å²) in [4.78, 5) is 2.12. The van der Waals surface area contributed by atoms with Gasteiger partial charge in [-0.25, -0.2) is 0 Å². The molecule has 0 aliphatic carbocycles. The van der Waals surface area contributed by atoms with Gasteiger partial charge in [0.25, 0.3) is 10.2 Å². The molecule has 0 N–H and O–H groups in total. The van der Waals surface area contributed by atoms with E-state index >= 15 is 0 Å². The summed E-state index contributed by atoms with van der Waals surface area (Å²) in [6, 6.07) is 7.21. The molecule has 164 valence electrons. The number of morpholine rings is 1. The zero-order valence-corrected chi connectivity index (χ0v) is 18.6. The molecule has 2 unspecified atom stereocenters. The van der Waals surface area contributed by atoms with Gasteiger partial charge in [0.05, 0.1) is 18.8 Å². The zero-order chi connectivity index (χ0) is 21.3. The Bertz CT molecular complexity index is 950. The summed E-state index contributed by atoms with van der Waals surface area (Å²) >= 11 is 5.91. The van der Waals surface area contributed by atoms with E-state index in [-0.39, 0.29) is 12.2 Å². The van der Waals surface area contributed by atoms with Crippen molar-refractivity contribution in [2.75, 3.05) is 39.3 Å². The summed E-state index contributed by atoms with van der Waals surface area (Å²) in [6.45, 7) is 7.14. The maximum absolute atomic E-state index is 13.0. The number of nitrogens with zero attached hydrogens (tertiary/aromatic N) is 5. The first-order valence-electron chi connectivity index (χ1n) is 10.0. The molecule has 1 aromatic carbocycles. The Morgan fingerprint density at radius 3 is 2.27 bits per heavy atom. The molecule has 2 aromatic rings. The Morgan fingerprint density at radius 1 is 1.00 bits per heavy atom. The minimum atomic E-state index is -3.48. The van der Waals surface area contributed by atoms with E-state index in [1.165, 1.54) is 4.31 Å². The van der Waals surface area contributed by atoms with Crippen molar-refractivity contribution in [3.8, 4) is 11.5 Å². The summed E-state index contributed by atoms with van der Waals surface area (Å²) in [6.07, 6.45) is -0.200. The first-order valence-corrected chi connectivity index (χ1v) is 11.8. The number of piperazine rings is 1. The molecule has 0 saturated carbocycles. The molecule has 3 heterocycles. The molecule has 9 nitrogen and oxygen atoms in total. The van der Waals surface area contributed by atoms with Crippen LogP contribution >= 0.6 is 11.6 Å². The molecule has 2 aliphatic rings. The quantitative estimate of drug-likeness (QED) is 0.679. The van der Waals surface area contributed by atoms with Gasteiger partial charge in [-0.15, -0.1) is 10.2 Å². The SMILES string of the molecule is CC1CN(S(=O)(=O)N2CCN(Cc3nnc(-c4ccc(Cl)cc4)o3)CC2)CC(C)O1. The van der Waals surface area contributed by atoms with Gasteiger partial charge in [0.15, 0.2) is 0 Å². The van der Waals surface area contributed by atoms with Crippen molar-refractivity contribution in [1.82, 2.24) is 23.7 Å². The first kappa shape index (κ1) is 21.7. The largest absolute Gasteiger partial charge is 0.419 e. The summed E-state index contributed by atoms with van der Waals surface area (Å²) in [5.41, 5.74) is 0.808.